The summed E-state index contributed by atoms with van der Waals surface area (Å²) in [7, 11) is 0. The predicted molar refractivity (Wildman–Crippen MR) is 140 cm³/mol. The van der Waals surface area contributed by atoms with Crippen LogP contribution in [0.2, 0.25) is 0 Å². The fraction of sp³-hybridized carbons (Fsp3) is 0.680. The topological polar surface area (TPSA) is 143 Å². The molecule has 0 fully saturated rings. The molecule has 0 saturated heterocycles. The number of carbonyl (C=O) groups excluding carboxylic acids is 3. The Morgan fingerprint density at radius 3 is 2.05 bits per heavy atom. The van der Waals surface area contributed by atoms with Gasteiger partial charge in [0.1, 0.15) is 35.0 Å². The van der Waals surface area contributed by atoms with Crippen molar-refractivity contribution in [3.8, 4) is 0 Å². The molecule has 1 aromatic rings. The quantitative estimate of drug-likeness (QED) is 0.543. The zero-order chi connectivity index (χ0) is 27.0. The number of rotatable bonds is 3. The van der Waals surface area contributed by atoms with Gasteiger partial charge in [-0.15, -0.1) is 11.3 Å². The lowest BCUT2D eigenvalue weighted by Gasteiger charge is -2.24. The van der Waals surface area contributed by atoms with E-state index in [9.17, 15) is 14.4 Å². The van der Waals surface area contributed by atoms with E-state index in [0.29, 0.717) is 10.9 Å². The molecule has 11 nitrogen and oxygen atoms in total. The second-order valence-corrected chi connectivity index (χ2v) is 11.2. The second-order valence-electron chi connectivity index (χ2n) is 10.3. The number of carbonyl (C=O) groups is 3. The van der Waals surface area contributed by atoms with E-state index in [1.807, 2.05) is 27.7 Å². The van der Waals surface area contributed by atoms with Crippen molar-refractivity contribution in [3.05, 3.63) is 16.1 Å². The SMILES string of the molecule is CCC(C)C1NC(=O)[C@H]2N=C(O[C@@H]2C)C(C(C)C)NC(=O)[C@H]2N=C(O[C@@H]2C)C(C)NC(=O)c2csc1n2. The normalized spacial score (nSPS) is 33.2. The molecular weight excluding hydrogens is 496 g/mol. The number of hydrogen-bond acceptors (Lipinski definition) is 9. The van der Waals surface area contributed by atoms with Crippen LogP contribution in [0.25, 0.3) is 0 Å². The largest absolute Gasteiger partial charge is 0.474 e. The van der Waals surface area contributed by atoms with Crippen LogP contribution in [-0.4, -0.2) is 70.9 Å². The van der Waals surface area contributed by atoms with E-state index in [-0.39, 0.29) is 41.1 Å². The van der Waals surface area contributed by atoms with Crippen LogP contribution in [0.5, 0.6) is 0 Å². The standard InChI is InChI=1S/C25H36N6O5S/c1-8-11(4)17-25-27-15(9-37-25)20(32)26-12(5)23-30-18(13(6)35-23)21(33)28-16(10(2)3)24-31-19(14(7)36-24)22(34)29-17/h9-14,16-19H,8H2,1-7H3,(H,26,32)(H,28,33)(H,29,34)/t11?,12?,13-,14-,16?,17?,18+,19+/m1/s1. The zero-order valence-corrected chi connectivity index (χ0v) is 23.1. The van der Waals surface area contributed by atoms with Crippen LogP contribution in [0, 0.1) is 11.8 Å². The minimum absolute atomic E-state index is 0.0526. The third-order valence-corrected chi connectivity index (χ3v) is 7.98. The Kier molecular flexibility index (Phi) is 7.86. The molecule has 12 heteroatoms. The number of nitrogens with zero attached hydrogens (tertiary/aromatic N) is 3. The molecule has 202 valence electrons. The molecule has 37 heavy (non-hydrogen) atoms. The zero-order valence-electron chi connectivity index (χ0n) is 22.3. The lowest BCUT2D eigenvalue weighted by Crippen LogP contribution is -2.49. The van der Waals surface area contributed by atoms with Gasteiger partial charge in [0.2, 0.25) is 23.6 Å². The molecule has 3 aliphatic heterocycles. The summed E-state index contributed by atoms with van der Waals surface area (Å²) < 4.78 is 11.9. The number of ether oxygens (including phenoxy) is 2. The first kappa shape index (κ1) is 27.0. The highest BCUT2D eigenvalue weighted by Crippen LogP contribution is 2.29. The van der Waals surface area contributed by atoms with Crippen LogP contribution in [0.1, 0.15) is 76.4 Å². The Balaban J connectivity index is 1.74. The van der Waals surface area contributed by atoms with E-state index in [1.54, 1.807) is 26.2 Å². The maximum absolute atomic E-state index is 13.4. The maximum Gasteiger partial charge on any atom is 0.271 e. The van der Waals surface area contributed by atoms with Crippen molar-refractivity contribution >= 4 is 40.9 Å². The highest BCUT2D eigenvalue weighted by molar-refractivity contribution is 7.09. The number of nitrogens with one attached hydrogen (secondary N) is 3. The fourth-order valence-electron chi connectivity index (χ4n) is 4.51. The Hall–Kier alpha value is -3.02. The molecule has 3 aliphatic rings. The highest BCUT2D eigenvalue weighted by Gasteiger charge is 2.42. The third kappa shape index (κ3) is 5.48. The number of thiazole rings is 1. The summed E-state index contributed by atoms with van der Waals surface area (Å²) in [4.78, 5) is 53.2. The molecule has 8 atom stereocenters. The Labute approximate surface area is 220 Å². The average molecular weight is 533 g/mol. The van der Waals surface area contributed by atoms with Gasteiger partial charge < -0.3 is 25.4 Å². The molecule has 6 bridgehead atoms. The van der Waals surface area contributed by atoms with Crippen molar-refractivity contribution in [1.29, 1.82) is 0 Å². The van der Waals surface area contributed by atoms with Gasteiger partial charge in [-0.1, -0.05) is 34.1 Å². The van der Waals surface area contributed by atoms with E-state index < -0.39 is 42.4 Å². The Morgan fingerprint density at radius 1 is 0.892 bits per heavy atom. The second kappa shape index (κ2) is 10.8. The molecular formula is C25H36N6O5S. The number of fused-ring (bicyclic) bond motifs is 4. The van der Waals surface area contributed by atoms with E-state index in [2.05, 4.69) is 30.9 Å². The molecule has 4 rings (SSSR count). The molecule has 1 aromatic heterocycles. The van der Waals surface area contributed by atoms with Crippen molar-refractivity contribution in [3.63, 3.8) is 0 Å². The van der Waals surface area contributed by atoms with Gasteiger partial charge in [-0.3, -0.25) is 14.4 Å². The molecule has 4 heterocycles. The van der Waals surface area contributed by atoms with Gasteiger partial charge in [0.05, 0.1) is 6.04 Å². The summed E-state index contributed by atoms with van der Waals surface area (Å²) in [6, 6.07) is -3.07. The van der Waals surface area contributed by atoms with Crippen LogP contribution in [0.15, 0.2) is 15.4 Å². The molecule has 0 saturated carbocycles. The van der Waals surface area contributed by atoms with E-state index in [1.165, 1.54) is 11.3 Å². The minimum atomic E-state index is -0.796. The lowest BCUT2D eigenvalue weighted by molar-refractivity contribution is -0.125. The number of aliphatic imine (C=N–C) groups is 2. The van der Waals surface area contributed by atoms with Crippen molar-refractivity contribution < 1.29 is 23.9 Å². The van der Waals surface area contributed by atoms with Crippen molar-refractivity contribution in [2.75, 3.05) is 0 Å². The Morgan fingerprint density at radius 2 is 1.46 bits per heavy atom. The third-order valence-electron chi connectivity index (χ3n) is 7.05. The molecule has 0 spiro atoms. The van der Waals surface area contributed by atoms with Gasteiger partial charge in [-0.25, -0.2) is 15.0 Å². The highest BCUT2D eigenvalue weighted by atomic mass is 32.1. The van der Waals surface area contributed by atoms with Crippen molar-refractivity contribution in [2.45, 2.75) is 97.3 Å². The first-order chi connectivity index (χ1) is 17.5. The molecule has 4 unspecified atom stereocenters. The fourth-order valence-corrected chi connectivity index (χ4v) is 5.49. The summed E-state index contributed by atoms with van der Waals surface area (Å²) in [5.74, 6) is -0.388. The lowest BCUT2D eigenvalue weighted by atomic mass is 9.99. The smallest absolute Gasteiger partial charge is 0.271 e. The van der Waals surface area contributed by atoms with Gasteiger partial charge in [-0.2, -0.15) is 0 Å². The van der Waals surface area contributed by atoms with Crippen LogP contribution in [-0.2, 0) is 19.1 Å². The number of aromatic nitrogens is 1. The number of hydrogen-bond donors (Lipinski definition) is 3. The molecule has 0 radical (unpaired) electrons. The van der Waals surface area contributed by atoms with E-state index >= 15 is 0 Å². The Bertz CT molecular complexity index is 1120. The van der Waals surface area contributed by atoms with E-state index in [0.717, 1.165) is 6.42 Å². The van der Waals surface area contributed by atoms with Crippen LogP contribution < -0.4 is 16.0 Å². The van der Waals surface area contributed by atoms with Crippen LogP contribution in [0.3, 0.4) is 0 Å². The van der Waals surface area contributed by atoms with Gasteiger partial charge in [0.15, 0.2) is 12.1 Å². The van der Waals surface area contributed by atoms with Crippen LogP contribution >= 0.6 is 11.3 Å². The first-order valence-electron chi connectivity index (χ1n) is 12.9. The minimum Gasteiger partial charge on any atom is -0.474 e. The van der Waals surface area contributed by atoms with Crippen molar-refractivity contribution in [1.82, 2.24) is 20.9 Å². The number of amides is 3. The monoisotopic (exact) mass is 532 g/mol. The van der Waals surface area contributed by atoms with Gasteiger partial charge in [0, 0.05) is 5.38 Å². The predicted octanol–water partition coefficient (Wildman–Crippen LogP) is 1.99. The first-order valence-corrected chi connectivity index (χ1v) is 13.7. The van der Waals surface area contributed by atoms with Gasteiger partial charge in [-0.05, 0) is 32.6 Å². The molecule has 3 N–H and O–H groups in total. The summed E-state index contributed by atoms with van der Waals surface area (Å²) in [5.41, 5.74) is 0.245. The average Bonchev–Trinajstić information content (AvgIpc) is 3.58. The van der Waals surface area contributed by atoms with Gasteiger partial charge in [0.25, 0.3) is 5.91 Å². The molecule has 0 aliphatic carbocycles. The van der Waals surface area contributed by atoms with Crippen LogP contribution in [0.4, 0.5) is 0 Å². The molecule has 3 amide bonds. The van der Waals surface area contributed by atoms with Gasteiger partial charge >= 0.3 is 0 Å². The maximum atomic E-state index is 13.4. The molecule has 0 aromatic carbocycles. The summed E-state index contributed by atoms with van der Waals surface area (Å²) in [6.45, 7) is 13.3. The summed E-state index contributed by atoms with van der Waals surface area (Å²) in [5, 5.41) is 11.3. The summed E-state index contributed by atoms with van der Waals surface area (Å²) >= 11 is 1.32. The van der Waals surface area contributed by atoms with E-state index in [4.69, 9.17) is 9.47 Å². The summed E-state index contributed by atoms with van der Waals surface area (Å²) in [6.07, 6.45) is -0.230. The van der Waals surface area contributed by atoms with Crippen molar-refractivity contribution in [2.24, 2.45) is 21.8 Å².